The molecule has 0 aliphatic carbocycles. The van der Waals surface area contributed by atoms with Crippen LogP contribution in [-0.4, -0.2) is 28.3 Å². The van der Waals surface area contributed by atoms with E-state index in [1.165, 1.54) is 0 Å². The maximum atomic E-state index is 12.1. The second-order valence-electron chi connectivity index (χ2n) is 4.60. The molecule has 0 aromatic heterocycles. The van der Waals surface area contributed by atoms with Crippen molar-refractivity contribution in [2.75, 3.05) is 12.4 Å². The Bertz CT molecular complexity index is 523. The van der Waals surface area contributed by atoms with Gasteiger partial charge in [-0.05, 0) is 32.4 Å². The minimum atomic E-state index is -1.35. The molecular formula is C15H20O4S. The SMILES string of the molecule is CCOC(=O)CCC(=O)CS(=O)c1ccc(C)cc1C. The Hall–Kier alpha value is -1.49. The molecule has 0 aliphatic heterocycles. The van der Waals surface area contributed by atoms with E-state index in [9.17, 15) is 13.8 Å². The van der Waals surface area contributed by atoms with E-state index in [1.807, 2.05) is 26.0 Å². The smallest absolute Gasteiger partial charge is 0.306 e. The van der Waals surface area contributed by atoms with Gasteiger partial charge in [0.05, 0.1) is 29.6 Å². The molecule has 0 aliphatic rings. The molecule has 20 heavy (non-hydrogen) atoms. The van der Waals surface area contributed by atoms with Crippen LogP contribution in [0.5, 0.6) is 0 Å². The highest BCUT2D eigenvalue weighted by atomic mass is 32.2. The third-order valence-corrected chi connectivity index (χ3v) is 4.31. The Morgan fingerprint density at radius 3 is 2.50 bits per heavy atom. The van der Waals surface area contributed by atoms with E-state index < -0.39 is 16.8 Å². The summed E-state index contributed by atoms with van der Waals surface area (Å²) in [6.45, 7) is 5.87. The van der Waals surface area contributed by atoms with Crippen LogP contribution in [0.3, 0.4) is 0 Å². The Kier molecular flexibility index (Phi) is 6.58. The van der Waals surface area contributed by atoms with Crippen LogP contribution in [0.25, 0.3) is 0 Å². The van der Waals surface area contributed by atoms with E-state index in [-0.39, 0.29) is 24.4 Å². The largest absolute Gasteiger partial charge is 0.466 e. The van der Waals surface area contributed by atoms with Gasteiger partial charge in [-0.1, -0.05) is 17.7 Å². The van der Waals surface area contributed by atoms with Crippen LogP contribution in [0.1, 0.15) is 30.9 Å². The predicted octanol–water partition coefficient (Wildman–Crippen LogP) is 2.32. The van der Waals surface area contributed by atoms with Crippen LogP contribution in [-0.2, 0) is 25.1 Å². The number of ketones is 1. The minimum Gasteiger partial charge on any atom is -0.466 e. The Morgan fingerprint density at radius 2 is 1.90 bits per heavy atom. The Balaban J connectivity index is 2.53. The van der Waals surface area contributed by atoms with Crippen molar-refractivity contribution in [1.29, 1.82) is 0 Å². The summed E-state index contributed by atoms with van der Waals surface area (Å²) in [5.74, 6) is -0.627. The van der Waals surface area contributed by atoms with Crippen molar-refractivity contribution >= 4 is 22.6 Å². The van der Waals surface area contributed by atoms with Gasteiger partial charge < -0.3 is 4.74 Å². The predicted molar refractivity (Wildman–Crippen MR) is 78.1 cm³/mol. The highest BCUT2D eigenvalue weighted by Crippen LogP contribution is 2.15. The standard InChI is InChI=1S/C15H20O4S/c1-4-19-15(17)8-6-13(16)10-20(18)14-7-5-11(2)9-12(14)3/h5,7,9H,4,6,8,10H2,1-3H3. The lowest BCUT2D eigenvalue weighted by Crippen LogP contribution is -2.14. The maximum absolute atomic E-state index is 12.1. The molecule has 110 valence electrons. The summed E-state index contributed by atoms with van der Waals surface area (Å²) in [5, 5.41) is 0. The number of ether oxygens (including phenoxy) is 1. The van der Waals surface area contributed by atoms with E-state index in [4.69, 9.17) is 4.74 Å². The molecule has 1 aromatic carbocycles. The summed E-state index contributed by atoms with van der Waals surface area (Å²) in [4.78, 5) is 23.5. The van der Waals surface area contributed by atoms with Crippen LogP contribution in [0.2, 0.25) is 0 Å². The molecule has 0 amide bonds. The van der Waals surface area contributed by atoms with Gasteiger partial charge in [0.2, 0.25) is 0 Å². The van der Waals surface area contributed by atoms with Gasteiger partial charge in [-0.3, -0.25) is 13.8 Å². The number of hydrogen-bond acceptors (Lipinski definition) is 4. The number of aryl methyl sites for hydroxylation is 2. The molecule has 1 rings (SSSR count). The zero-order valence-electron chi connectivity index (χ0n) is 12.1. The van der Waals surface area contributed by atoms with Crippen LogP contribution >= 0.6 is 0 Å². The third kappa shape index (κ3) is 5.25. The molecular weight excluding hydrogens is 276 g/mol. The molecule has 0 saturated heterocycles. The minimum absolute atomic E-state index is 0.0523. The fourth-order valence-electron chi connectivity index (χ4n) is 1.83. The first-order valence-corrected chi connectivity index (χ1v) is 7.89. The number of Topliss-reactive ketones (excluding diaryl/α,β-unsaturated/α-hetero) is 1. The quantitative estimate of drug-likeness (QED) is 0.725. The van der Waals surface area contributed by atoms with E-state index >= 15 is 0 Å². The van der Waals surface area contributed by atoms with Crippen LogP contribution < -0.4 is 0 Å². The molecule has 0 saturated carbocycles. The molecule has 0 bridgehead atoms. The van der Waals surface area contributed by atoms with Crippen LogP contribution in [0.4, 0.5) is 0 Å². The van der Waals surface area contributed by atoms with Gasteiger partial charge in [-0.2, -0.15) is 0 Å². The number of rotatable bonds is 7. The molecule has 0 radical (unpaired) electrons. The molecule has 4 nitrogen and oxygen atoms in total. The average Bonchev–Trinajstić information content (AvgIpc) is 2.36. The lowest BCUT2D eigenvalue weighted by Gasteiger charge is -2.06. The van der Waals surface area contributed by atoms with Crippen molar-refractivity contribution in [3.63, 3.8) is 0 Å². The van der Waals surface area contributed by atoms with Gasteiger partial charge in [0.1, 0.15) is 5.78 Å². The molecule has 1 atom stereocenters. The molecule has 0 heterocycles. The summed E-state index contributed by atoms with van der Waals surface area (Å²) >= 11 is 0. The second-order valence-corrected chi connectivity index (χ2v) is 6.02. The van der Waals surface area contributed by atoms with Crippen molar-refractivity contribution in [3.05, 3.63) is 29.3 Å². The Morgan fingerprint density at radius 1 is 1.20 bits per heavy atom. The first kappa shape index (κ1) is 16.6. The summed E-state index contributed by atoms with van der Waals surface area (Å²) < 4.78 is 16.9. The zero-order valence-corrected chi connectivity index (χ0v) is 12.9. The normalized spacial score (nSPS) is 11.9. The van der Waals surface area contributed by atoms with Gasteiger partial charge in [-0.15, -0.1) is 0 Å². The third-order valence-electron chi connectivity index (χ3n) is 2.78. The van der Waals surface area contributed by atoms with E-state index in [0.29, 0.717) is 11.5 Å². The fraction of sp³-hybridized carbons (Fsp3) is 0.467. The van der Waals surface area contributed by atoms with Gasteiger partial charge >= 0.3 is 5.97 Å². The first-order chi connectivity index (χ1) is 9.43. The molecule has 5 heteroatoms. The monoisotopic (exact) mass is 296 g/mol. The molecule has 1 unspecified atom stereocenters. The number of carbonyl (C=O) groups excluding carboxylic acids is 2. The van der Waals surface area contributed by atoms with Crippen molar-refractivity contribution < 1.29 is 18.5 Å². The van der Waals surface area contributed by atoms with Gasteiger partial charge in [-0.25, -0.2) is 0 Å². The van der Waals surface area contributed by atoms with Crippen LogP contribution in [0, 0.1) is 13.8 Å². The van der Waals surface area contributed by atoms with E-state index in [2.05, 4.69) is 0 Å². The highest BCUT2D eigenvalue weighted by Gasteiger charge is 2.14. The number of benzene rings is 1. The number of carbonyl (C=O) groups is 2. The topological polar surface area (TPSA) is 60.4 Å². The van der Waals surface area contributed by atoms with E-state index in [1.54, 1.807) is 13.0 Å². The maximum Gasteiger partial charge on any atom is 0.306 e. The highest BCUT2D eigenvalue weighted by molar-refractivity contribution is 7.85. The molecule has 1 aromatic rings. The van der Waals surface area contributed by atoms with Gasteiger partial charge in [0, 0.05) is 11.3 Å². The first-order valence-electron chi connectivity index (χ1n) is 6.57. The van der Waals surface area contributed by atoms with Crippen molar-refractivity contribution in [1.82, 2.24) is 0 Å². The summed E-state index contributed by atoms with van der Waals surface area (Å²) in [6, 6.07) is 5.61. The average molecular weight is 296 g/mol. The lowest BCUT2D eigenvalue weighted by molar-refractivity contribution is -0.144. The van der Waals surface area contributed by atoms with Crippen LogP contribution in [0.15, 0.2) is 23.1 Å². The number of hydrogen-bond donors (Lipinski definition) is 0. The summed E-state index contributed by atoms with van der Waals surface area (Å²) in [7, 11) is -1.35. The summed E-state index contributed by atoms with van der Waals surface area (Å²) in [5.41, 5.74) is 2.01. The van der Waals surface area contributed by atoms with Crippen molar-refractivity contribution in [2.45, 2.75) is 38.5 Å². The second kappa shape index (κ2) is 7.94. The zero-order chi connectivity index (χ0) is 15.1. The fourth-order valence-corrected chi connectivity index (χ4v) is 3.06. The Labute approximate surface area is 122 Å². The van der Waals surface area contributed by atoms with Gasteiger partial charge in [0.15, 0.2) is 0 Å². The lowest BCUT2D eigenvalue weighted by atomic mass is 10.2. The molecule has 0 spiro atoms. The van der Waals surface area contributed by atoms with Gasteiger partial charge in [0.25, 0.3) is 0 Å². The van der Waals surface area contributed by atoms with Crippen molar-refractivity contribution in [2.24, 2.45) is 0 Å². The van der Waals surface area contributed by atoms with Crippen molar-refractivity contribution in [3.8, 4) is 0 Å². The summed E-state index contributed by atoms with van der Waals surface area (Å²) in [6.07, 6.45) is 0.131. The molecule has 0 N–H and O–H groups in total. The van der Waals surface area contributed by atoms with E-state index in [0.717, 1.165) is 11.1 Å². The molecule has 0 fully saturated rings. The number of esters is 1.